The number of hydrogen-bond donors (Lipinski definition) is 0. The molecule has 0 fully saturated rings. The van der Waals surface area contributed by atoms with Crippen molar-refractivity contribution in [3.8, 4) is 0 Å². The van der Waals surface area contributed by atoms with E-state index in [4.69, 9.17) is 11.6 Å². The van der Waals surface area contributed by atoms with E-state index in [1.807, 2.05) is 0 Å². The minimum Gasteiger partial charge on any atom is -0.298 e. The highest BCUT2D eigenvalue weighted by atomic mass is 35.5. The minimum absolute atomic E-state index is 0.0475. The van der Waals surface area contributed by atoms with Gasteiger partial charge in [-0.05, 0) is 12.5 Å². The lowest BCUT2D eigenvalue weighted by Crippen LogP contribution is -2.03. The number of carbonyl (C=O) groups excluding carboxylic acids is 1. The van der Waals surface area contributed by atoms with Gasteiger partial charge in [-0.2, -0.15) is 0 Å². The second-order valence-corrected chi connectivity index (χ2v) is 3.03. The number of aldehydes is 1. The molecule has 0 spiro atoms. The van der Waals surface area contributed by atoms with Crippen molar-refractivity contribution in [3.05, 3.63) is 28.6 Å². The lowest BCUT2D eigenvalue weighted by atomic mass is 10.0. The third kappa shape index (κ3) is 1.90. The SMILES string of the molecule is Cc1cnc(CCl)c(C=O)c1C(F)F. The van der Waals surface area contributed by atoms with Crippen LogP contribution < -0.4 is 0 Å². The van der Waals surface area contributed by atoms with Crippen molar-refractivity contribution in [1.29, 1.82) is 0 Å². The zero-order valence-corrected chi connectivity index (χ0v) is 8.18. The second kappa shape index (κ2) is 4.46. The molecule has 76 valence electrons. The molecular weight excluding hydrogens is 212 g/mol. The Kier molecular flexibility index (Phi) is 3.52. The predicted octanol–water partition coefficient (Wildman–Crippen LogP) is 2.88. The number of carbonyl (C=O) groups is 1. The van der Waals surface area contributed by atoms with Gasteiger partial charge >= 0.3 is 0 Å². The molecule has 14 heavy (non-hydrogen) atoms. The summed E-state index contributed by atoms with van der Waals surface area (Å²) < 4.78 is 25.1. The monoisotopic (exact) mass is 219 g/mol. The number of rotatable bonds is 3. The largest absolute Gasteiger partial charge is 0.298 e. The summed E-state index contributed by atoms with van der Waals surface area (Å²) in [6.45, 7) is 1.49. The van der Waals surface area contributed by atoms with Gasteiger partial charge in [0.1, 0.15) is 0 Å². The molecule has 1 rings (SSSR count). The van der Waals surface area contributed by atoms with Gasteiger partial charge in [0.05, 0.1) is 11.6 Å². The van der Waals surface area contributed by atoms with Crippen molar-refractivity contribution in [2.24, 2.45) is 0 Å². The summed E-state index contributed by atoms with van der Waals surface area (Å²) in [4.78, 5) is 14.4. The fraction of sp³-hybridized carbons (Fsp3) is 0.333. The van der Waals surface area contributed by atoms with Crippen LogP contribution in [0.1, 0.15) is 33.6 Å². The number of hydrogen-bond acceptors (Lipinski definition) is 2. The Morgan fingerprint density at radius 1 is 1.64 bits per heavy atom. The van der Waals surface area contributed by atoms with E-state index in [1.54, 1.807) is 0 Å². The Morgan fingerprint density at radius 3 is 2.71 bits per heavy atom. The number of alkyl halides is 3. The third-order valence-corrected chi connectivity index (χ3v) is 2.16. The van der Waals surface area contributed by atoms with Gasteiger partial charge in [0, 0.05) is 17.3 Å². The molecule has 0 bridgehead atoms. The Hall–Kier alpha value is -1.03. The fourth-order valence-corrected chi connectivity index (χ4v) is 1.42. The Balaban J connectivity index is 3.42. The van der Waals surface area contributed by atoms with Crippen LogP contribution in [0.4, 0.5) is 8.78 Å². The van der Waals surface area contributed by atoms with Crippen LogP contribution in [0.5, 0.6) is 0 Å². The molecule has 0 aliphatic rings. The lowest BCUT2D eigenvalue weighted by molar-refractivity contribution is 0.110. The van der Waals surface area contributed by atoms with Gasteiger partial charge in [-0.15, -0.1) is 11.6 Å². The quantitative estimate of drug-likeness (QED) is 0.578. The summed E-state index contributed by atoms with van der Waals surface area (Å²) in [5.74, 6) is -0.0475. The minimum atomic E-state index is -2.68. The van der Waals surface area contributed by atoms with Gasteiger partial charge < -0.3 is 0 Å². The molecule has 0 atom stereocenters. The van der Waals surface area contributed by atoms with Crippen LogP contribution in [0.25, 0.3) is 0 Å². The molecule has 2 nitrogen and oxygen atoms in total. The third-order valence-electron chi connectivity index (χ3n) is 1.90. The first-order valence-electron chi connectivity index (χ1n) is 3.89. The average Bonchev–Trinajstić information content (AvgIpc) is 2.16. The maximum absolute atomic E-state index is 12.6. The summed E-state index contributed by atoms with van der Waals surface area (Å²) >= 11 is 5.47. The van der Waals surface area contributed by atoms with Crippen LogP contribution >= 0.6 is 11.6 Å². The molecule has 0 N–H and O–H groups in total. The number of halogens is 3. The maximum atomic E-state index is 12.6. The van der Waals surface area contributed by atoms with Crippen LogP contribution in [0.3, 0.4) is 0 Å². The Labute approximate surface area is 84.9 Å². The Morgan fingerprint density at radius 2 is 2.29 bits per heavy atom. The van der Waals surface area contributed by atoms with Crippen molar-refractivity contribution in [1.82, 2.24) is 4.98 Å². The number of nitrogens with zero attached hydrogens (tertiary/aromatic N) is 1. The molecule has 0 aliphatic heterocycles. The zero-order valence-electron chi connectivity index (χ0n) is 7.43. The van der Waals surface area contributed by atoms with E-state index in [0.717, 1.165) is 0 Å². The molecule has 0 aliphatic carbocycles. The highest BCUT2D eigenvalue weighted by Crippen LogP contribution is 2.27. The second-order valence-electron chi connectivity index (χ2n) is 2.77. The normalized spacial score (nSPS) is 10.6. The van der Waals surface area contributed by atoms with Crippen LogP contribution in [0.2, 0.25) is 0 Å². The Bertz CT molecular complexity index is 355. The van der Waals surface area contributed by atoms with E-state index in [-0.39, 0.29) is 22.7 Å². The van der Waals surface area contributed by atoms with Crippen molar-refractivity contribution in [2.45, 2.75) is 19.2 Å². The lowest BCUT2D eigenvalue weighted by Gasteiger charge is -2.09. The number of aromatic nitrogens is 1. The maximum Gasteiger partial charge on any atom is 0.264 e. The molecule has 0 saturated carbocycles. The van der Waals surface area contributed by atoms with Crippen molar-refractivity contribution in [3.63, 3.8) is 0 Å². The van der Waals surface area contributed by atoms with E-state index in [2.05, 4.69) is 4.98 Å². The molecule has 0 radical (unpaired) electrons. The van der Waals surface area contributed by atoms with Crippen LogP contribution in [-0.4, -0.2) is 11.3 Å². The predicted molar refractivity (Wildman–Crippen MR) is 48.9 cm³/mol. The highest BCUT2D eigenvalue weighted by Gasteiger charge is 2.19. The topological polar surface area (TPSA) is 30.0 Å². The summed E-state index contributed by atoms with van der Waals surface area (Å²) in [6, 6.07) is 0. The molecule has 5 heteroatoms. The summed E-state index contributed by atoms with van der Waals surface area (Å²) in [5, 5.41) is 0. The zero-order chi connectivity index (χ0) is 10.7. The average molecular weight is 220 g/mol. The number of pyridine rings is 1. The van der Waals surface area contributed by atoms with Gasteiger partial charge in [-0.1, -0.05) is 0 Å². The number of aryl methyl sites for hydroxylation is 1. The van der Waals surface area contributed by atoms with Crippen molar-refractivity contribution in [2.75, 3.05) is 0 Å². The summed E-state index contributed by atoms with van der Waals surface area (Å²) in [7, 11) is 0. The van der Waals surface area contributed by atoms with Gasteiger partial charge in [-0.25, -0.2) is 8.78 Å². The van der Waals surface area contributed by atoms with Gasteiger partial charge in [0.25, 0.3) is 6.43 Å². The molecule has 0 saturated heterocycles. The smallest absolute Gasteiger partial charge is 0.264 e. The fourth-order valence-electron chi connectivity index (χ4n) is 1.21. The molecule has 1 heterocycles. The first-order chi connectivity index (χ1) is 6.61. The van der Waals surface area contributed by atoms with Gasteiger partial charge in [0.2, 0.25) is 0 Å². The first-order valence-corrected chi connectivity index (χ1v) is 4.43. The van der Waals surface area contributed by atoms with E-state index in [9.17, 15) is 13.6 Å². The first kappa shape index (κ1) is 11.0. The highest BCUT2D eigenvalue weighted by molar-refractivity contribution is 6.17. The van der Waals surface area contributed by atoms with E-state index >= 15 is 0 Å². The van der Waals surface area contributed by atoms with E-state index in [1.165, 1.54) is 13.1 Å². The van der Waals surface area contributed by atoms with Gasteiger partial charge in [-0.3, -0.25) is 9.78 Å². The van der Waals surface area contributed by atoms with E-state index < -0.39 is 6.43 Å². The summed E-state index contributed by atoms with van der Waals surface area (Å²) in [5.41, 5.74) is 0.138. The van der Waals surface area contributed by atoms with Crippen molar-refractivity contribution < 1.29 is 13.6 Å². The molecule has 0 amide bonds. The molecule has 1 aromatic rings. The van der Waals surface area contributed by atoms with Crippen LogP contribution in [-0.2, 0) is 5.88 Å². The molecule has 0 unspecified atom stereocenters. The van der Waals surface area contributed by atoms with Crippen molar-refractivity contribution >= 4 is 17.9 Å². The standard InChI is InChI=1S/C9H8ClF2NO/c1-5-3-13-7(2-10)6(4-14)8(5)9(11)12/h3-4,9H,2H2,1H3. The van der Waals surface area contributed by atoms with Crippen LogP contribution in [0, 0.1) is 6.92 Å². The molecule has 1 aromatic heterocycles. The van der Waals surface area contributed by atoms with Crippen LogP contribution in [0.15, 0.2) is 6.20 Å². The van der Waals surface area contributed by atoms with E-state index in [0.29, 0.717) is 11.8 Å². The summed E-state index contributed by atoms with van der Waals surface area (Å²) in [6.07, 6.45) is -1.01. The van der Waals surface area contributed by atoms with Gasteiger partial charge in [0.15, 0.2) is 6.29 Å². The molecular formula is C9H8ClF2NO. The molecule has 0 aromatic carbocycles.